The third-order valence-electron chi connectivity index (χ3n) is 2.89. The monoisotopic (exact) mass is 290 g/mol. The maximum absolute atomic E-state index is 12.2. The molecule has 0 radical (unpaired) electrons. The first-order valence-electron chi connectivity index (χ1n) is 6.37. The van der Waals surface area contributed by atoms with Crippen LogP contribution in [0.25, 0.3) is 11.3 Å². The summed E-state index contributed by atoms with van der Waals surface area (Å²) in [5.74, 6) is -0.196. The van der Waals surface area contributed by atoms with E-state index < -0.39 is 5.54 Å². The summed E-state index contributed by atoms with van der Waals surface area (Å²) in [7, 11) is 0. The standard InChI is InChI=1S/C15H18N2O2S/c1-10-16-13(8-20-10)11-5-4-6-12(7-11)14(19)17-15(2,3)9-18/h4-8,18H,9H2,1-3H3,(H,17,19). The van der Waals surface area contributed by atoms with Crippen LogP contribution in [-0.2, 0) is 0 Å². The molecule has 0 saturated heterocycles. The normalized spacial score (nSPS) is 11.4. The topological polar surface area (TPSA) is 62.2 Å². The Morgan fingerprint density at radius 1 is 1.45 bits per heavy atom. The highest BCUT2D eigenvalue weighted by molar-refractivity contribution is 7.09. The minimum Gasteiger partial charge on any atom is -0.394 e. The number of hydrogen-bond donors (Lipinski definition) is 2. The third kappa shape index (κ3) is 3.43. The number of aromatic nitrogens is 1. The molecule has 0 atom stereocenters. The predicted octanol–water partition coefficient (Wildman–Crippen LogP) is 2.62. The maximum atomic E-state index is 12.2. The number of nitrogens with zero attached hydrogens (tertiary/aromatic N) is 1. The molecule has 0 bridgehead atoms. The van der Waals surface area contributed by atoms with Gasteiger partial charge in [-0.3, -0.25) is 4.79 Å². The second-order valence-electron chi connectivity index (χ2n) is 5.33. The quantitative estimate of drug-likeness (QED) is 0.910. The van der Waals surface area contributed by atoms with Gasteiger partial charge in [-0.15, -0.1) is 11.3 Å². The lowest BCUT2D eigenvalue weighted by Gasteiger charge is -2.23. The summed E-state index contributed by atoms with van der Waals surface area (Å²) >= 11 is 1.58. The molecule has 0 aliphatic heterocycles. The van der Waals surface area contributed by atoms with Crippen molar-refractivity contribution in [2.75, 3.05) is 6.61 Å². The van der Waals surface area contributed by atoms with Gasteiger partial charge in [0.1, 0.15) is 0 Å². The first-order valence-corrected chi connectivity index (χ1v) is 7.25. The zero-order valence-corrected chi connectivity index (χ0v) is 12.6. The number of thiazole rings is 1. The molecule has 0 aliphatic carbocycles. The van der Waals surface area contributed by atoms with Crippen molar-refractivity contribution >= 4 is 17.2 Å². The van der Waals surface area contributed by atoms with Crippen LogP contribution >= 0.6 is 11.3 Å². The molecule has 106 valence electrons. The number of carbonyl (C=O) groups is 1. The Hall–Kier alpha value is -1.72. The maximum Gasteiger partial charge on any atom is 0.251 e. The van der Waals surface area contributed by atoms with E-state index in [9.17, 15) is 9.90 Å². The van der Waals surface area contributed by atoms with Gasteiger partial charge in [0, 0.05) is 16.5 Å². The van der Waals surface area contributed by atoms with Gasteiger partial charge < -0.3 is 10.4 Å². The third-order valence-corrected chi connectivity index (χ3v) is 3.66. The molecular weight excluding hydrogens is 272 g/mol. The first kappa shape index (κ1) is 14.7. The number of carbonyl (C=O) groups excluding carboxylic acids is 1. The molecule has 5 heteroatoms. The molecule has 1 aromatic carbocycles. The Morgan fingerprint density at radius 3 is 2.80 bits per heavy atom. The lowest BCUT2D eigenvalue weighted by Crippen LogP contribution is -2.46. The molecular formula is C15H18N2O2S. The molecule has 20 heavy (non-hydrogen) atoms. The van der Waals surface area contributed by atoms with Gasteiger partial charge >= 0.3 is 0 Å². The van der Waals surface area contributed by atoms with Crippen molar-refractivity contribution in [3.8, 4) is 11.3 Å². The highest BCUT2D eigenvalue weighted by atomic mass is 32.1. The Bertz CT molecular complexity index is 620. The van der Waals surface area contributed by atoms with Crippen molar-refractivity contribution < 1.29 is 9.90 Å². The summed E-state index contributed by atoms with van der Waals surface area (Å²) in [5, 5.41) is 15.0. The lowest BCUT2D eigenvalue weighted by molar-refractivity contribution is 0.0869. The van der Waals surface area contributed by atoms with Crippen molar-refractivity contribution in [1.29, 1.82) is 0 Å². The van der Waals surface area contributed by atoms with Gasteiger partial charge in [0.25, 0.3) is 5.91 Å². The molecule has 1 amide bonds. The summed E-state index contributed by atoms with van der Waals surface area (Å²) in [6.45, 7) is 5.40. The van der Waals surface area contributed by atoms with Crippen LogP contribution < -0.4 is 5.32 Å². The zero-order valence-electron chi connectivity index (χ0n) is 11.8. The minimum absolute atomic E-state index is 0.107. The SMILES string of the molecule is Cc1nc(-c2cccc(C(=O)NC(C)(C)CO)c2)cs1. The average Bonchev–Trinajstić information content (AvgIpc) is 2.85. The minimum atomic E-state index is -0.635. The number of hydrogen-bond acceptors (Lipinski definition) is 4. The van der Waals surface area contributed by atoms with E-state index in [1.807, 2.05) is 30.5 Å². The van der Waals surface area contributed by atoms with Crippen LogP contribution in [0.3, 0.4) is 0 Å². The van der Waals surface area contributed by atoms with Crippen LogP contribution in [0.2, 0.25) is 0 Å². The van der Waals surface area contributed by atoms with Crippen LogP contribution in [0.4, 0.5) is 0 Å². The van der Waals surface area contributed by atoms with E-state index in [1.165, 1.54) is 0 Å². The van der Waals surface area contributed by atoms with Gasteiger partial charge in [-0.1, -0.05) is 12.1 Å². The summed E-state index contributed by atoms with van der Waals surface area (Å²) in [6.07, 6.45) is 0. The van der Waals surface area contributed by atoms with E-state index in [-0.39, 0.29) is 12.5 Å². The lowest BCUT2D eigenvalue weighted by atomic mass is 10.0. The van der Waals surface area contributed by atoms with Crippen molar-refractivity contribution in [2.24, 2.45) is 0 Å². The largest absolute Gasteiger partial charge is 0.394 e. The smallest absolute Gasteiger partial charge is 0.251 e. The molecule has 1 aromatic heterocycles. The highest BCUT2D eigenvalue weighted by Crippen LogP contribution is 2.22. The van der Waals surface area contributed by atoms with Crippen LogP contribution in [0.1, 0.15) is 29.2 Å². The molecule has 0 spiro atoms. The molecule has 2 aromatic rings. The first-order chi connectivity index (χ1) is 9.41. The predicted molar refractivity (Wildman–Crippen MR) is 80.9 cm³/mol. The molecule has 1 heterocycles. The van der Waals surface area contributed by atoms with Crippen molar-refractivity contribution in [3.05, 3.63) is 40.2 Å². The van der Waals surface area contributed by atoms with E-state index in [2.05, 4.69) is 10.3 Å². The van der Waals surface area contributed by atoms with Crippen LogP contribution in [-0.4, -0.2) is 28.1 Å². The number of nitrogens with one attached hydrogen (secondary N) is 1. The van der Waals surface area contributed by atoms with E-state index in [4.69, 9.17) is 0 Å². The summed E-state index contributed by atoms with van der Waals surface area (Å²) < 4.78 is 0. The molecule has 0 fully saturated rings. The van der Waals surface area contributed by atoms with E-state index in [0.717, 1.165) is 16.3 Å². The fourth-order valence-electron chi connectivity index (χ4n) is 1.73. The van der Waals surface area contributed by atoms with Gasteiger partial charge in [-0.05, 0) is 32.9 Å². The number of rotatable bonds is 4. The van der Waals surface area contributed by atoms with E-state index in [1.54, 1.807) is 31.3 Å². The molecule has 0 saturated carbocycles. The van der Waals surface area contributed by atoms with E-state index in [0.29, 0.717) is 5.56 Å². The van der Waals surface area contributed by atoms with Crippen molar-refractivity contribution in [3.63, 3.8) is 0 Å². The Labute approximate surface area is 122 Å². The van der Waals surface area contributed by atoms with Crippen LogP contribution in [0, 0.1) is 6.92 Å². The van der Waals surface area contributed by atoms with Crippen LogP contribution in [0.15, 0.2) is 29.6 Å². The van der Waals surface area contributed by atoms with Gasteiger partial charge in [-0.25, -0.2) is 4.98 Å². The highest BCUT2D eigenvalue weighted by Gasteiger charge is 2.20. The number of amides is 1. The summed E-state index contributed by atoms with van der Waals surface area (Å²) in [5.41, 5.74) is 1.73. The van der Waals surface area contributed by atoms with Gasteiger partial charge in [0.05, 0.1) is 22.8 Å². The average molecular weight is 290 g/mol. The second-order valence-corrected chi connectivity index (χ2v) is 6.39. The molecule has 0 aliphatic rings. The van der Waals surface area contributed by atoms with E-state index >= 15 is 0 Å². The Balaban J connectivity index is 2.24. The Kier molecular flexibility index (Phi) is 4.20. The molecule has 4 nitrogen and oxygen atoms in total. The summed E-state index contributed by atoms with van der Waals surface area (Å²) in [4.78, 5) is 16.6. The van der Waals surface area contributed by atoms with Gasteiger partial charge in [0.2, 0.25) is 0 Å². The molecule has 2 rings (SSSR count). The second kappa shape index (κ2) is 5.73. The zero-order chi connectivity index (χ0) is 14.8. The fraction of sp³-hybridized carbons (Fsp3) is 0.333. The number of aliphatic hydroxyl groups is 1. The number of aliphatic hydroxyl groups excluding tert-OH is 1. The fourth-order valence-corrected chi connectivity index (χ4v) is 2.36. The summed E-state index contributed by atoms with van der Waals surface area (Å²) in [6, 6.07) is 7.34. The van der Waals surface area contributed by atoms with Gasteiger partial charge in [-0.2, -0.15) is 0 Å². The van der Waals surface area contributed by atoms with Gasteiger partial charge in [0.15, 0.2) is 0 Å². The Morgan fingerprint density at radius 2 is 2.20 bits per heavy atom. The van der Waals surface area contributed by atoms with Crippen molar-refractivity contribution in [1.82, 2.24) is 10.3 Å². The number of benzene rings is 1. The molecule has 0 unspecified atom stereocenters. The number of aryl methyl sites for hydroxylation is 1. The molecule has 2 N–H and O–H groups in total. The van der Waals surface area contributed by atoms with Crippen LogP contribution in [0.5, 0.6) is 0 Å². The van der Waals surface area contributed by atoms with Crippen molar-refractivity contribution in [2.45, 2.75) is 26.3 Å².